The Kier molecular flexibility index (Phi) is 2.70. The van der Waals surface area contributed by atoms with Crippen LogP contribution in [0.1, 0.15) is 75.4 Å². The lowest BCUT2D eigenvalue weighted by molar-refractivity contribution is 0.510. The lowest BCUT2D eigenvalue weighted by Crippen LogP contribution is -2.04. The molecule has 88 valence electrons. The van der Waals surface area contributed by atoms with E-state index in [1.165, 1.54) is 44.9 Å². The van der Waals surface area contributed by atoms with Gasteiger partial charge in [-0.25, -0.2) is 4.98 Å². The summed E-state index contributed by atoms with van der Waals surface area (Å²) >= 11 is 0. The van der Waals surface area contributed by atoms with Gasteiger partial charge in [-0.05, 0) is 31.6 Å². The van der Waals surface area contributed by atoms with Crippen LogP contribution in [0.2, 0.25) is 0 Å². The van der Waals surface area contributed by atoms with Crippen molar-refractivity contribution in [3.05, 3.63) is 11.6 Å². The summed E-state index contributed by atoms with van der Waals surface area (Å²) in [6.07, 6.45) is 9.29. The quantitative estimate of drug-likeness (QED) is 0.828. The number of aromatic amines is 1. The minimum Gasteiger partial charge on any atom is -0.263 e. The maximum atomic E-state index is 4.76. The molecule has 0 radical (unpaired) electrons. The largest absolute Gasteiger partial charge is 0.263 e. The van der Waals surface area contributed by atoms with E-state index in [-0.39, 0.29) is 0 Å². The van der Waals surface area contributed by atoms with Gasteiger partial charge < -0.3 is 0 Å². The van der Waals surface area contributed by atoms with Gasteiger partial charge in [-0.15, -0.1) is 0 Å². The Balaban J connectivity index is 1.76. The highest BCUT2D eigenvalue weighted by Crippen LogP contribution is 2.38. The van der Waals surface area contributed by atoms with Gasteiger partial charge in [0.25, 0.3) is 0 Å². The molecule has 1 N–H and O–H groups in total. The van der Waals surface area contributed by atoms with Gasteiger partial charge >= 0.3 is 0 Å². The fourth-order valence-electron chi connectivity index (χ4n) is 3.37. The number of aromatic nitrogens is 3. The molecule has 0 spiro atoms. The van der Waals surface area contributed by atoms with Crippen LogP contribution < -0.4 is 0 Å². The van der Waals surface area contributed by atoms with Crippen LogP contribution in [0.5, 0.6) is 0 Å². The molecule has 2 aliphatic carbocycles. The number of nitrogens with zero attached hydrogens (tertiary/aromatic N) is 2. The number of nitrogens with one attached hydrogen (secondary N) is 1. The normalized spacial score (nSPS) is 31.3. The summed E-state index contributed by atoms with van der Waals surface area (Å²) in [5.41, 5.74) is 0. The van der Waals surface area contributed by atoms with E-state index in [9.17, 15) is 0 Å². The number of hydrogen-bond acceptors (Lipinski definition) is 2. The van der Waals surface area contributed by atoms with Crippen LogP contribution in [0, 0.1) is 5.92 Å². The van der Waals surface area contributed by atoms with Crippen molar-refractivity contribution in [3.8, 4) is 0 Å². The smallest absolute Gasteiger partial charge is 0.153 e. The first-order chi connectivity index (χ1) is 7.84. The fourth-order valence-corrected chi connectivity index (χ4v) is 3.37. The van der Waals surface area contributed by atoms with Crippen molar-refractivity contribution in [3.63, 3.8) is 0 Å². The van der Waals surface area contributed by atoms with Crippen LogP contribution in [0.4, 0.5) is 0 Å². The molecular formula is C13H21N3. The molecule has 0 amide bonds. The monoisotopic (exact) mass is 219 g/mol. The Bertz CT molecular complexity index is 352. The topological polar surface area (TPSA) is 41.6 Å². The molecule has 1 aromatic rings. The molecule has 0 aromatic carbocycles. The molecule has 16 heavy (non-hydrogen) atoms. The summed E-state index contributed by atoms with van der Waals surface area (Å²) in [5.74, 6) is 4.31. The second kappa shape index (κ2) is 4.19. The third kappa shape index (κ3) is 1.76. The first-order valence-electron chi connectivity index (χ1n) is 6.77. The average Bonchev–Trinajstić information content (AvgIpc) is 2.96. The zero-order valence-corrected chi connectivity index (χ0v) is 10.1. The fraction of sp³-hybridized carbons (Fsp3) is 0.846. The van der Waals surface area contributed by atoms with Crippen LogP contribution in [0.15, 0.2) is 0 Å². The van der Waals surface area contributed by atoms with Gasteiger partial charge in [-0.3, -0.25) is 5.10 Å². The third-order valence-corrected chi connectivity index (χ3v) is 4.45. The zero-order chi connectivity index (χ0) is 11.0. The molecule has 2 fully saturated rings. The van der Waals surface area contributed by atoms with E-state index < -0.39 is 0 Å². The van der Waals surface area contributed by atoms with Crippen LogP contribution in [0.25, 0.3) is 0 Å². The number of H-pyrrole nitrogens is 1. The van der Waals surface area contributed by atoms with Crippen molar-refractivity contribution in [2.24, 2.45) is 5.92 Å². The molecule has 2 unspecified atom stereocenters. The molecule has 0 saturated heterocycles. The van der Waals surface area contributed by atoms with Gasteiger partial charge in [0.1, 0.15) is 5.82 Å². The minimum absolute atomic E-state index is 0.640. The Morgan fingerprint density at radius 2 is 1.88 bits per heavy atom. The SMILES string of the molecule is CC1CCCC1c1nc(C2CCCC2)n[nH]1. The Morgan fingerprint density at radius 3 is 2.56 bits per heavy atom. The lowest BCUT2D eigenvalue weighted by Gasteiger charge is -2.10. The molecule has 1 aromatic heterocycles. The summed E-state index contributed by atoms with van der Waals surface area (Å²) < 4.78 is 0. The van der Waals surface area contributed by atoms with E-state index in [2.05, 4.69) is 17.1 Å². The van der Waals surface area contributed by atoms with E-state index >= 15 is 0 Å². The second-order valence-corrected chi connectivity index (χ2v) is 5.57. The number of rotatable bonds is 2. The van der Waals surface area contributed by atoms with Crippen molar-refractivity contribution in [2.45, 2.75) is 63.7 Å². The van der Waals surface area contributed by atoms with Crippen molar-refractivity contribution in [2.75, 3.05) is 0 Å². The lowest BCUT2D eigenvalue weighted by atomic mass is 9.97. The van der Waals surface area contributed by atoms with Crippen LogP contribution in [-0.2, 0) is 0 Å². The standard InChI is InChI=1S/C13H21N3/c1-9-5-4-8-11(9)13-14-12(15-16-13)10-6-2-3-7-10/h9-11H,2-8H2,1H3,(H,14,15,16). The van der Waals surface area contributed by atoms with E-state index in [0.29, 0.717) is 11.8 Å². The van der Waals surface area contributed by atoms with Gasteiger partial charge in [0.05, 0.1) is 0 Å². The summed E-state index contributed by atoms with van der Waals surface area (Å²) in [4.78, 5) is 4.76. The molecule has 2 saturated carbocycles. The first-order valence-corrected chi connectivity index (χ1v) is 6.77. The molecule has 3 nitrogen and oxygen atoms in total. The van der Waals surface area contributed by atoms with Gasteiger partial charge in [-0.2, -0.15) is 5.10 Å². The summed E-state index contributed by atoms with van der Waals surface area (Å²) in [6, 6.07) is 0. The van der Waals surface area contributed by atoms with Crippen LogP contribution >= 0.6 is 0 Å². The van der Waals surface area contributed by atoms with E-state index in [1.54, 1.807) is 0 Å². The Labute approximate surface area is 97.1 Å². The van der Waals surface area contributed by atoms with Gasteiger partial charge in [-0.1, -0.05) is 26.2 Å². The van der Waals surface area contributed by atoms with E-state index in [0.717, 1.165) is 17.6 Å². The maximum Gasteiger partial charge on any atom is 0.153 e. The first kappa shape index (κ1) is 10.3. The summed E-state index contributed by atoms with van der Waals surface area (Å²) in [5, 5.41) is 7.64. The van der Waals surface area contributed by atoms with Crippen molar-refractivity contribution in [1.82, 2.24) is 15.2 Å². The van der Waals surface area contributed by atoms with Crippen LogP contribution in [0.3, 0.4) is 0 Å². The highest BCUT2D eigenvalue weighted by Gasteiger charge is 2.29. The summed E-state index contributed by atoms with van der Waals surface area (Å²) in [7, 11) is 0. The molecular weight excluding hydrogens is 198 g/mol. The minimum atomic E-state index is 0.640. The summed E-state index contributed by atoms with van der Waals surface area (Å²) in [6.45, 7) is 2.34. The molecule has 0 aliphatic heterocycles. The highest BCUT2D eigenvalue weighted by molar-refractivity contribution is 5.06. The third-order valence-electron chi connectivity index (χ3n) is 4.45. The predicted octanol–water partition coefficient (Wildman–Crippen LogP) is 3.37. The second-order valence-electron chi connectivity index (χ2n) is 5.57. The maximum absolute atomic E-state index is 4.76. The van der Waals surface area contributed by atoms with Crippen molar-refractivity contribution in [1.29, 1.82) is 0 Å². The van der Waals surface area contributed by atoms with Gasteiger partial charge in [0.15, 0.2) is 5.82 Å². The Hall–Kier alpha value is -0.860. The molecule has 3 rings (SSSR count). The zero-order valence-electron chi connectivity index (χ0n) is 10.1. The molecule has 0 bridgehead atoms. The average molecular weight is 219 g/mol. The number of hydrogen-bond donors (Lipinski definition) is 1. The van der Waals surface area contributed by atoms with Crippen LogP contribution in [-0.4, -0.2) is 15.2 Å². The van der Waals surface area contributed by atoms with Gasteiger partial charge in [0, 0.05) is 11.8 Å². The molecule has 1 heterocycles. The van der Waals surface area contributed by atoms with Gasteiger partial charge in [0.2, 0.25) is 0 Å². The highest BCUT2D eigenvalue weighted by atomic mass is 15.2. The Morgan fingerprint density at radius 1 is 1.06 bits per heavy atom. The van der Waals surface area contributed by atoms with E-state index in [4.69, 9.17) is 4.98 Å². The van der Waals surface area contributed by atoms with Crippen molar-refractivity contribution >= 4 is 0 Å². The molecule has 3 heteroatoms. The predicted molar refractivity (Wildman–Crippen MR) is 63.3 cm³/mol. The molecule has 2 aliphatic rings. The molecule has 2 atom stereocenters. The van der Waals surface area contributed by atoms with E-state index in [1.807, 2.05) is 0 Å². The van der Waals surface area contributed by atoms with Crippen molar-refractivity contribution < 1.29 is 0 Å².